The molecule has 3 rings (SSSR count). The second kappa shape index (κ2) is 5.51. The molecule has 2 aliphatic rings. The van der Waals surface area contributed by atoms with Crippen LogP contribution in [0.5, 0.6) is 0 Å². The van der Waals surface area contributed by atoms with Crippen LogP contribution in [-0.4, -0.2) is 36.3 Å². The summed E-state index contributed by atoms with van der Waals surface area (Å²) in [6, 6.07) is 5.82. The molecule has 1 aromatic rings. The Morgan fingerprint density at radius 3 is 3.19 bits per heavy atom. The van der Waals surface area contributed by atoms with Gasteiger partial charge in [-0.05, 0) is 38.4 Å². The third-order valence-electron chi connectivity index (χ3n) is 4.45. The zero-order valence-electron chi connectivity index (χ0n) is 12.2. The topological polar surface area (TPSA) is 79.1 Å². The lowest BCUT2D eigenvalue weighted by Crippen LogP contribution is -2.59. The number of carbonyl (C=O) groups excluding carboxylic acids is 1. The maximum Gasteiger partial charge on any atom is 0.323 e. The summed E-state index contributed by atoms with van der Waals surface area (Å²) in [6.45, 7) is 4.58. The highest BCUT2D eigenvalue weighted by molar-refractivity contribution is 5.76. The van der Waals surface area contributed by atoms with E-state index in [1.165, 1.54) is 0 Å². The van der Waals surface area contributed by atoms with Crippen LogP contribution < -0.4 is 10.6 Å². The molecule has 6 nitrogen and oxygen atoms in total. The Morgan fingerprint density at radius 2 is 2.43 bits per heavy atom. The van der Waals surface area contributed by atoms with Crippen LogP contribution >= 0.6 is 0 Å². The van der Waals surface area contributed by atoms with Crippen LogP contribution in [0.2, 0.25) is 0 Å². The second-order valence-corrected chi connectivity index (χ2v) is 5.59. The first kappa shape index (κ1) is 14.1. The van der Waals surface area contributed by atoms with Gasteiger partial charge in [0.2, 0.25) is 0 Å². The molecule has 21 heavy (non-hydrogen) atoms. The van der Waals surface area contributed by atoms with Gasteiger partial charge in [0.05, 0.1) is 12.1 Å². The molecular weight excluding hydrogens is 268 g/mol. The molecule has 0 aromatic carbocycles. The van der Waals surface area contributed by atoms with Gasteiger partial charge in [0.15, 0.2) is 0 Å². The molecule has 1 spiro atoms. The summed E-state index contributed by atoms with van der Waals surface area (Å²) in [5.74, 6) is -0.192. The van der Waals surface area contributed by atoms with Gasteiger partial charge < -0.3 is 19.9 Å². The van der Waals surface area contributed by atoms with Crippen molar-refractivity contribution in [3.63, 3.8) is 0 Å². The SMILES string of the molecule is CCOC(=O)C1CC2(CCN1)NCCn1c(C#N)ccc12. The minimum atomic E-state index is -0.293. The monoisotopic (exact) mass is 288 g/mol. The van der Waals surface area contributed by atoms with Crippen molar-refractivity contribution in [2.75, 3.05) is 19.7 Å². The summed E-state index contributed by atoms with van der Waals surface area (Å²) in [5, 5.41) is 16.0. The fourth-order valence-corrected chi connectivity index (χ4v) is 3.51. The third-order valence-corrected chi connectivity index (χ3v) is 4.45. The van der Waals surface area contributed by atoms with Gasteiger partial charge in [-0.15, -0.1) is 0 Å². The number of hydrogen-bond donors (Lipinski definition) is 2. The molecule has 0 radical (unpaired) electrons. The highest BCUT2D eigenvalue weighted by Gasteiger charge is 2.43. The fourth-order valence-electron chi connectivity index (χ4n) is 3.51. The van der Waals surface area contributed by atoms with Crippen LogP contribution in [0.15, 0.2) is 12.1 Å². The first-order chi connectivity index (χ1) is 10.2. The maximum atomic E-state index is 12.0. The van der Waals surface area contributed by atoms with E-state index in [-0.39, 0.29) is 17.6 Å². The summed E-state index contributed by atoms with van der Waals surface area (Å²) < 4.78 is 7.21. The van der Waals surface area contributed by atoms with Gasteiger partial charge >= 0.3 is 5.97 Å². The van der Waals surface area contributed by atoms with Crippen molar-refractivity contribution in [2.24, 2.45) is 0 Å². The highest BCUT2D eigenvalue weighted by Crippen LogP contribution is 2.36. The number of nitrogens with one attached hydrogen (secondary N) is 2. The van der Waals surface area contributed by atoms with Crippen molar-refractivity contribution in [3.8, 4) is 6.07 Å². The van der Waals surface area contributed by atoms with E-state index in [0.717, 1.165) is 31.7 Å². The Bertz CT molecular complexity index is 589. The smallest absolute Gasteiger partial charge is 0.323 e. The van der Waals surface area contributed by atoms with E-state index in [4.69, 9.17) is 4.74 Å². The first-order valence-corrected chi connectivity index (χ1v) is 7.45. The lowest BCUT2D eigenvalue weighted by molar-refractivity contribution is -0.147. The molecule has 112 valence electrons. The first-order valence-electron chi connectivity index (χ1n) is 7.45. The summed E-state index contributed by atoms with van der Waals surface area (Å²) in [6.07, 6.45) is 1.55. The molecule has 3 heterocycles. The van der Waals surface area contributed by atoms with Gasteiger partial charge in [0, 0.05) is 18.8 Å². The predicted octanol–water partition coefficient (Wildman–Crippen LogP) is 0.473. The Labute approximate surface area is 124 Å². The molecule has 1 saturated heterocycles. The second-order valence-electron chi connectivity index (χ2n) is 5.59. The summed E-state index contributed by atoms with van der Waals surface area (Å²) in [7, 11) is 0. The minimum absolute atomic E-state index is 0.192. The normalized spacial score (nSPS) is 27.9. The van der Waals surface area contributed by atoms with Crippen LogP contribution in [0.25, 0.3) is 0 Å². The molecule has 6 heteroatoms. The number of nitrogens with zero attached hydrogens (tertiary/aromatic N) is 2. The quantitative estimate of drug-likeness (QED) is 0.774. The molecule has 2 unspecified atom stereocenters. The number of ether oxygens (including phenoxy) is 1. The van der Waals surface area contributed by atoms with Crippen molar-refractivity contribution in [3.05, 3.63) is 23.5 Å². The zero-order chi connectivity index (χ0) is 14.9. The molecule has 2 N–H and O–H groups in total. The van der Waals surface area contributed by atoms with E-state index < -0.39 is 0 Å². The highest BCUT2D eigenvalue weighted by atomic mass is 16.5. The lowest BCUT2D eigenvalue weighted by atomic mass is 9.80. The predicted molar refractivity (Wildman–Crippen MR) is 76.5 cm³/mol. The summed E-state index contributed by atoms with van der Waals surface area (Å²) in [5.41, 5.74) is 1.56. The Hall–Kier alpha value is -1.84. The van der Waals surface area contributed by atoms with E-state index in [9.17, 15) is 10.1 Å². The Morgan fingerprint density at radius 1 is 1.57 bits per heavy atom. The number of hydrogen-bond acceptors (Lipinski definition) is 5. The van der Waals surface area contributed by atoms with Crippen LogP contribution in [0.3, 0.4) is 0 Å². The van der Waals surface area contributed by atoms with E-state index in [2.05, 4.69) is 21.3 Å². The third kappa shape index (κ3) is 2.33. The van der Waals surface area contributed by atoms with Crippen molar-refractivity contribution in [2.45, 2.75) is 37.9 Å². The Kier molecular flexibility index (Phi) is 3.70. The van der Waals surface area contributed by atoms with E-state index in [1.54, 1.807) is 0 Å². The van der Waals surface area contributed by atoms with Gasteiger partial charge in [-0.2, -0.15) is 5.26 Å². The van der Waals surface area contributed by atoms with Gasteiger partial charge in [-0.25, -0.2) is 0 Å². The molecule has 0 aliphatic carbocycles. The van der Waals surface area contributed by atoms with Crippen LogP contribution in [-0.2, 0) is 21.6 Å². The number of rotatable bonds is 2. The van der Waals surface area contributed by atoms with E-state index in [0.29, 0.717) is 18.7 Å². The van der Waals surface area contributed by atoms with Gasteiger partial charge in [0.25, 0.3) is 0 Å². The number of nitriles is 1. The minimum Gasteiger partial charge on any atom is -0.465 e. The van der Waals surface area contributed by atoms with Gasteiger partial charge in [-0.1, -0.05) is 0 Å². The van der Waals surface area contributed by atoms with Crippen molar-refractivity contribution in [1.82, 2.24) is 15.2 Å². The van der Waals surface area contributed by atoms with E-state index in [1.807, 2.05) is 19.1 Å². The fraction of sp³-hybridized carbons (Fsp3) is 0.600. The number of carbonyl (C=O) groups is 1. The average molecular weight is 288 g/mol. The molecule has 0 bridgehead atoms. The van der Waals surface area contributed by atoms with Gasteiger partial charge in [-0.3, -0.25) is 4.79 Å². The molecule has 1 aromatic heterocycles. The molecule has 1 fully saturated rings. The number of aromatic nitrogens is 1. The van der Waals surface area contributed by atoms with Crippen molar-refractivity contribution < 1.29 is 9.53 Å². The van der Waals surface area contributed by atoms with Crippen molar-refractivity contribution >= 4 is 5.97 Å². The molecule has 2 atom stereocenters. The summed E-state index contributed by atoms with van der Waals surface area (Å²) in [4.78, 5) is 12.0. The van der Waals surface area contributed by atoms with Gasteiger partial charge in [0.1, 0.15) is 17.8 Å². The molecular formula is C15H20N4O2. The molecule has 0 saturated carbocycles. The van der Waals surface area contributed by atoms with Crippen LogP contribution in [0.4, 0.5) is 0 Å². The zero-order valence-corrected chi connectivity index (χ0v) is 12.2. The van der Waals surface area contributed by atoms with Crippen LogP contribution in [0.1, 0.15) is 31.2 Å². The molecule has 2 aliphatic heterocycles. The summed E-state index contributed by atoms with van der Waals surface area (Å²) >= 11 is 0. The standard InChI is InChI=1S/C15H20N4O2/c1-2-21-14(20)12-9-15(5-6-17-12)13-4-3-11(10-16)19(13)8-7-18-15/h3-4,12,17-18H,2,5-9H2,1H3. The van der Waals surface area contributed by atoms with Crippen molar-refractivity contribution in [1.29, 1.82) is 5.26 Å². The average Bonchev–Trinajstić information content (AvgIpc) is 2.92. The number of piperidine rings is 1. The lowest BCUT2D eigenvalue weighted by Gasteiger charge is -2.44. The molecule has 0 amide bonds. The largest absolute Gasteiger partial charge is 0.465 e. The Balaban J connectivity index is 1.90. The van der Waals surface area contributed by atoms with Crippen LogP contribution in [0, 0.1) is 11.3 Å². The number of esters is 1. The number of fused-ring (bicyclic) bond motifs is 2. The maximum absolute atomic E-state index is 12.0. The van der Waals surface area contributed by atoms with E-state index >= 15 is 0 Å².